The highest BCUT2D eigenvalue weighted by atomic mass is 32.1. The molecule has 4 aromatic heterocycles. The van der Waals surface area contributed by atoms with Crippen LogP contribution in [0.15, 0.2) is 64.9 Å². The van der Waals surface area contributed by atoms with Gasteiger partial charge in [-0.25, -0.2) is 4.68 Å². The number of hydrogen-bond donors (Lipinski definition) is 0. The molecule has 0 radical (unpaired) electrons. The first-order valence-corrected chi connectivity index (χ1v) is 10.4. The van der Waals surface area contributed by atoms with Crippen LogP contribution in [0, 0.1) is 0 Å². The van der Waals surface area contributed by atoms with Gasteiger partial charge in [0.05, 0.1) is 18.3 Å². The Kier molecular flexibility index (Phi) is 5.55. The molecule has 0 aliphatic heterocycles. The molecule has 0 unspecified atom stereocenters. The number of tetrazole rings is 1. The van der Waals surface area contributed by atoms with E-state index in [0.29, 0.717) is 13.1 Å². The van der Waals surface area contributed by atoms with E-state index < -0.39 is 0 Å². The molecule has 7 nitrogen and oxygen atoms in total. The van der Waals surface area contributed by atoms with E-state index in [1.165, 1.54) is 4.88 Å². The van der Waals surface area contributed by atoms with Crippen molar-refractivity contribution in [1.29, 1.82) is 0 Å². The molecule has 0 saturated heterocycles. The van der Waals surface area contributed by atoms with Crippen LogP contribution in [-0.4, -0.2) is 30.1 Å². The van der Waals surface area contributed by atoms with Gasteiger partial charge < -0.3 is 4.42 Å². The van der Waals surface area contributed by atoms with Crippen molar-refractivity contribution in [3.05, 3.63) is 82.5 Å². The van der Waals surface area contributed by atoms with Crippen molar-refractivity contribution in [3.8, 4) is 0 Å². The van der Waals surface area contributed by atoms with E-state index in [4.69, 9.17) is 4.42 Å². The standard InChI is InChI=1S/C21H24N6OS/c1-21(2,3)27-20(23-24-25-27)19(18-9-6-12-29-18)26(15-17-8-5-11-28-17)14-16-7-4-10-22-13-16/h4-13,19H,14-15H2,1-3H3/t19-/m1/s1. The Morgan fingerprint density at radius 1 is 1.14 bits per heavy atom. The predicted octanol–water partition coefficient (Wildman–Crippen LogP) is 4.27. The van der Waals surface area contributed by atoms with Gasteiger partial charge in [0, 0.05) is 23.8 Å². The molecule has 0 N–H and O–H groups in total. The van der Waals surface area contributed by atoms with Gasteiger partial charge in [-0.05, 0) is 66.4 Å². The molecule has 0 amide bonds. The first-order valence-electron chi connectivity index (χ1n) is 9.50. The molecule has 0 fully saturated rings. The largest absolute Gasteiger partial charge is 0.468 e. The molecule has 8 heteroatoms. The fourth-order valence-electron chi connectivity index (χ4n) is 3.33. The second kappa shape index (κ2) is 8.26. The lowest BCUT2D eigenvalue weighted by Gasteiger charge is -2.31. The van der Waals surface area contributed by atoms with Gasteiger partial charge >= 0.3 is 0 Å². The van der Waals surface area contributed by atoms with Gasteiger partial charge in [-0.1, -0.05) is 12.1 Å². The van der Waals surface area contributed by atoms with Gasteiger partial charge in [0.15, 0.2) is 5.82 Å². The van der Waals surface area contributed by atoms with Crippen LogP contribution in [0.5, 0.6) is 0 Å². The van der Waals surface area contributed by atoms with Crippen molar-refractivity contribution in [2.75, 3.05) is 0 Å². The van der Waals surface area contributed by atoms with Crippen molar-refractivity contribution in [2.24, 2.45) is 0 Å². The number of thiophene rings is 1. The number of nitrogens with zero attached hydrogens (tertiary/aromatic N) is 6. The zero-order valence-corrected chi connectivity index (χ0v) is 17.6. The average molecular weight is 409 g/mol. The van der Waals surface area contributed by atoms with E-state index in [9.17, 15) is 0 Å². The Balaban J connectivity index is 1.79. The van der Waals surface area contributed by atoms with Crippen LogP contribution in [0.4, 0.5) is 0 Å². The quantitative estimate of drug-likeness (QED) is 0.455. The molecule has 150 valence electrons. The molecular formula is C21H24N6OS. The topological polar surface area (TPSA) is 72.9 Å². The Labute approximate surface area is 174 Å². The molecule has 29 heavy (non-hydrogen) atoms. The van der Waals surface area contributed by atoms with Crippen LogP contribution in [0.25, 0.3) is 0 Å². The fraction of sp³-hybridized carbons (Fsp3) is 0.333. The molecule has 4 rings (SSSR count). The number of furan rings is 1. The van der Waals surface area contributed by atoms with Crippen LogP contribution in [-0.2, 0) is 18.6 Å². The molecule has 0 aliphatic rings. The van der Waals surface area contributed by atoms with Crippen LogP contribution in [0.1, 0.15) is 48.8 Å². The van der Waals surface area contributed by atoms with Gasteiger partial charge in [-0.3, -0.25) is 9.88 Å². The molecule has 0 bridgehead atoms. The summed E-state index contributed by atoms with van der Waals surface area (Å²) in [5.74, 6) is 1.71. The molecule has 4 aromatic rings. The summed E-state index contributed by atoms with van der Waals surface area (Å²) in [5.41, 5.74) is 0.884. The molecule has 0 saturated carbocycles. The molecule has 4 heterocycles. The SMILES string of the molecule is CC(C)(C)n1nnnc1[C@@H](c1cccs1)N(Cc1cccnc1)Cc1ccco1. The number of aromatic nitrogens is 5. The van der Waals surface area contributed by atoms with Gasteiger partial charge in [0.25, 0.3) is 0 Å². The summed E-state index contributed by atoms with van der Waals surface area (Å²) in [6.45, 7) is 7.64. The predicted molar refractivity (Wildman–Crippen MR) is 111 cm³/mol. The third-order valence-corrected chi connectivity index (χ3v) is 5.52. The van der Waals surface area contributed by atoms with E-state index >= 15 is 0 Å². The van der Waals surface area contributed by atoms with Crippen LogP contribution in [0.2, 0.25) is 0 Å². The van der Waals surface area contributed by atoms with E-state index in [-0.39, 0.29) is 11.6 Å². The van der Waals surface area contributed by atoms with Crippen molar-refractivity contribution in [1.82, 2.24) is 30.1 Å². The highest BCUT2D eigenvalue weighted by Gasteiger charge is 2.32. The Bertz CT molecular complexity index is 1010. The lowest BCUT2D eigenvalue weighted by Crippen LogP contribution is -2.34. The summed E-state index contributed by atoms with van der Waals surface area (Å²) in [7, 11) is 0. The van der Waals surface area contributed by atoms with Crippen LogP contribution < -0.4 is 0 Å². The maximum absolute atomic E-state index is 5.67. The van der Waals surface area contributed by atoms with Crippen molar-refractivity contribution < 1.29 is 4.42 Å². The smallest absolute Gasteiger partial charge is 0.174 e. The second-order valence-corrected chi connectivity index (χ2v) is 8.86. The minimum atomic E-state index is -0.237. The monoisotopic (exact) mass is 408 g/mol. The summed E-state index contributed by atoms with van der Waals surface area (Å²) in [5, 5.41) is 14.9. The van der Waals surface area contributed by atoms with E-state index in [2.05, 4.69) is 69.8 Å². The average Bonchev–Trinajstić information content (AvgIpc) is 3.45. The van der Waals surface area contributed by atoms with E-state index in [1.807, 2.05) is 29.1 Å². The Morgan fingerprint density at radius 3 is 2.69 bits per heavy atom. The highest BCUT2D eigenvalue weighted by molar-refractivity contribution is 7.10. The summed E-state index contributed by atoms with van der Waals surface area (Å²) in [4.78, 5) is 7.79. The first kappa shape index (κ1) is 19.5. The molecule has 0 spiro atoms. The van der Waals surface area contributed by atoms with Crippen molar-refractivity contribution >= 4 is 11.3 Å². The van der Waals surface area contributed by atoms with Crippen molar-refractivity contribution in [3.63, 3.8) is 0 Å². The Morgan fingerprint density at radius 2 is 2.03 bits per heavy atom. The van der Waals surface area contributed by atoms with Crippen LogP contribution >= 0.6 is 11.3 Å². The minimum absolute atomic E-state index is 0.116. The number of pyridine rings is 1. The zero-order valence-electron chi connectivity index (χ0n) is 16.8. The van der Waals surface area contributed by atoms with Gasteiger partial charge in [-0.2, -0.15) is 0 Å². The summed E-state index contributed by atoms with van der Waals surface area (Å²) in [6.07, 6.45) is 5.39. The van der Waals surface area contributed by atoms with Crippen LogP contribution in [0.3, 0.4) is 0 Å². The van der Waals surface area contributed by atoms with Gasteiger partial charge in [-0.15, -0.1) is 16.4 Å². The number of rotatable bonds is 7. The molecule has 0 aliphatic carbocycles. The molecular weight excluding hydrogens is 384 g/mol. The lowest BCUT2D eigenvalue weighted by atomic mass is 10.1. The molecule has 0 aromatic carbocycles. The summed E-state index contributed by atoms with van der Waals surface area (Å²) < 4.78 is 7.58. The highest BCUT2D eigenvalue weighted by Crippen LogP contribution is 2.34. The fourth-order valence-corrected chi connectivity index (χ4v) is 4.18. The summed E-state index contributed by atoms with van der Waals surface area (Å²) in [6, 6.07) is 12.0. The van der Waals surface area contributed by atoms with E-state index in [0.717, 1.165) is 17.1 Å². The Hall–Kier alpha value is -2.84. The lowest BCUT2D eigenvalue weighted by molar-refractivity contribution is 0.174. The summed E-state index contributed by atoms with van der Waals surface area (Å²) >= 11 is 1.70. The molecule has 1 atom stereocenters. The van der Waals surface area contributed by atoms with Crippen molar-refractivity contribution in [2.45, 2.75) is 45.4 Å². The maximum Gasteiger partial charge on any atom is 0.174 e. The van der Waals surface area contributed by atoms with Gasteiger partial charge in [0.1, 0.15) is 11.8 Å². The maximum atomic E-state index is 5.67. The normalized spacial score (nSPS) is 13.1. The zero-order chi connectivity index (χ0) is 20.3. The minimum Gasteiger partial charge on any atom is -0.468 e. The van der Waals surface area contributed by atoms with E-state index in [1.54, 1.807) is 23.8 Å². The van der Waals surface area contributed by atoms with Gasteiger partial charge in [0.2, 0.25) is 0 Å². The first-order chi connectivity index (χ1) is 14.0. The second-order valence-electron chi connectivity index (χ2n) is 7.88. The number of hydrogen-bond acceptors (Lipinski definition) is 7. The third kappa shape index (κ3) is 4.44. The third-order valence-electron chi connectivity index (χ3n) is 4.60.